The Morgan fingerprint density at radius 2 is 0.491 bits per heavy atom. The molecule has 0 aliphatic carbocycles. The summed E-state index contributed by atoms with van der Waals surface area (Å²) in [5.74, 6) is -0.853. The normalized spacial score (nSPS) is 11.8. The topological polar surface area (TPSA) is 78.9 Å². The average molecular weight is 779 g/mol. The number of hydrogen-bond donors (Lipinski definition) is 0. The summed E-state index contributed by atoms with van der Waals surface area (Å²) in [5.41, 5.74) is 0. The molecule has 0 saturated heterocycles. The molecule has 0 aromatic carbocycles. The van der Waals surface area contributed by atoms with Crippen LogP contribution >= 0.6 is 0 Å². The zero-order chi connectivity index (χ0) is 40.1. The molecular weight excluding hydrogens is 685 g/mol. The van der Waals surface area contributed by atoms with Crippen LogP contribution in [0.3, 0.4) is 0 Å². The van der Waals surface area contributed by atoms with E-state index in [4.69, 9.17) is 14.2 Å². The van der Waals surface area contributed by atoms with Gasteiger partial charge < -0.3 is 14.2 Å². The van der Waals surface area contributed by atoms with E-state index >= 15 is 0 Å². The zero-order valence-electron chi connectivity index (χ0n) is 37.2. The van der Waals surface area contributed by atoms with Crippen molar-refractivity contribution in [2.24, 2.45) is 0 Å². The van der Waals surface area contributed by atoms with Gasteiger partial charge in [0, 0.05) is 19.3 Å². The minimum Gasteiger partial charge on any atom is -0.462 e. The second kappa shape index (κ2) is 45.1. The lowest BCUT2D eigenvalue weighted by molar-refractivity contribution is -0.167. The second-order valence-electron chi connectivity index (χ2n) is 16.7. The summed E-state index contributed by atoms with van der Waals surface area (Å²) in [4.78, 5) is 37.7. The van der Waals surface area contributed by atoms with Gasteiger partial charge in [-0.2, -0.15) is 0 Å². The fourth-order valence-electron chi connectivity index (χ4n) is 7.38. The Labute approximate surface area is 342 Å². The highest BCUT2D eigenvalue weighted by atomic mass is 16.6. The smallest absolute Gasteiger partial charge is 0.306 e. The van der Waals surface area contributed by atoms with Crippen molar-refractivity contribution in [1.82, 2.24) is 0 Å². The van der Waals surface area contributed by atoms with Crippen LogP contribution in [0.5, 0.6) is 0 Å². The van der Waals surface area contributed by atoms with Crippen LogP contribution < -0.4 is 0 Å². The van der Waals surface area contributed by atoms with Crippen molar-refractivity contribution in [2.45, 2.75) is 284 Å². The lowest BCUT2D eigenvalue weighted by Crippen LogP contribution is -2.30. The first-order valence-corrected chi connectivity index (χ1v) is 24.5. The van der Waals surface area contributed by atoms with Gasteiger partial charge in [-0.1, -0.05) is 239 Å². The summed E-state index contributed by atoms with van der Waals surface area (Å²) >= 11 is 0. The van der Waals surface area contributed by atoms with Crippen LogP contribution in [-0.4, -0.2) is 37.2 Å². The molecule has 6 heteroatoms. The van der Waals surface area contributed by atoms with E-state index in [2.05, 4.69) is 20.8 Å². The molecule has 0 saturated carbocycles. The monoisotopic (exact) mass is 779 g/mol. The summed E-state index contributed by atoms with van der Waals surface area (Å²) in [5, 5.41) is 0. The predicted molar refractivity (Wildman–Crippen MR) is 233 cm³/mol. The molecule has 0 amide bonds. The summed E-state index contributed by atoms with van der Waals surface area (Å²) in [6.45, 7) is 6.63. The molecule has 6 nitrogen and oxygen atoms in total. The Bertz CT molecular complexity index is 813. The van der Waals surface area contributed by atoms with Gasteiger partial charge in [0.25, 0.3) is 0 Å². The third-order valence-corrected chi connectivity index (χ3v) is 11.1. The zero-order valence-corrected chi connectivity index (χ0v) is 37.2. The van der Waals surface area contributed by atoms with E-state index in [1.807, 2.05) is 0 Å². The molecule has 0 bridgehead atoms. The van der Waals surface area contributed by atoms with Crippen molar-refractivity contribution in [1.29, 1.82) is 0 Å². The van der Waals surface area contributed by atoms with Gasteiger partial charge in [-0.15, -0.1) is 0 Å². The van der Waals surface area contributed by atoms with Crippen molar-refractivity contribution in [2.75, 3.05) is 13.2 Å². The van der Waals surface area contributed by atoms with E-state index in [-0.39, 0.29) is 31.1 Å². The van der Waals surface area contributed by atoms with E-state index in [9.17, 15) is 14.4 Å². The van der Waals surface area contributed by atoms with Crippen molar-refractivity contribution in [3.05, 3.63) is 0 Å². The number of ether oxygens (including phenoxy) is 3. The standard InChI is InChI=1S/C49H94O6/c1-4-7-10-13-16-18-20-22-23-24-25-26-27-29-30-33-36-39-42-48(51)54-45-46(44-53-47(50)41-38-35-32-15-12-9-6-3)55-49(52)43-40-37-34-31-28-21-19-17-14-11-8-5-2/h46H,4-45H2,1-3H3/t46-/m0/s1. The molecular formula is C49H94O6. The maximum Gasteiger partial charge on any atom is 0.306 e. The van der Waals surface area contributed by atoms with Crippen molar-refractivity contribution < 1.29 is 28.6 Å². The van der Waals surface area contributed by atoms with Crippen LogP contribution in [0, 0.1) is 0 Å². The van der Waals surface area contributed by atoms with Gasteiger partial charge in [0.15, 0.2) is 6.10 Å². The van der Waals surface area contributed by atoms with Gasteiger partial charge in [0.1, 0.15) is 13.2 Å². The second-order valence-corrected chi connectivity index (χ2v) is 16.7. The van der Waals surface area contributed by atoms with Crippen LogP contribution in [0.2, 0.25) is 0 Å². The van der Waals surface area contributed by atoms with E-state index in [1.54, 1.807) is 0 Å². The number of rotatable bonds is 45. The number of hydrogen-bond acceptors (Lipinski definition) is 6. The Hall–Kier alpha value is -1.59. The fourth-order valence-corrected chi connectivity index (χ4v) is 7.38. The first kappa shape index (κ1) is 53.4. The predicted octanol–water partition coefficient (Wildman–Crippen LogP) is 15.6. The SMILES string of the molecule is CCCCCCCCCCCCCCCCCCCCC(=O)OC[C@H](COC(=O)CCCCCCCCC)OC(=O)CCCCCCCCCCCCCC. The Morgan fingerprint density at radius 3 is 0.727 bits per heavy atom. The van der Waals surface area contributed by atoms with Gasteiger partial charge in [0.2, 0.25) is 0 Å². The molecule has 0 aromatic heterocycles. The van der Waals surface area contributed by atoms with E-state index < -0.39 is 6.10 Å². The van der Waals surface area contributed by atoms with Gasteiger partial charge in [-0.05, 0) is 19.3 Å². The third kappa shape index (κ3) is 43.4. The highest BCUT2D eigenvalue weighted by Crippen LogP contribution is 2.16. The molecule has 0 aromatic rings. The number of carbonyl (C=O) groups is 3. The highest BCUT2D eigenvalue weighted by Gasteiger charge is 2.19. The van der Waals surface area contributed by atoms with Gasteiger partial charge in [-0.3, -0.25) is 14.4 Å². The lowest BCUT2D eigenvalue weighted by atomic mass is 10.0. The molecule has 0 fully saturated rings. The summed E-state index contributed by atoms with van der Waals surface area (Å²) in [6.07, 6.45) is 46.7. The minimum atomic E-state index is -0.757. The van der Waals surface area contributed by atoms with Gasteiger partial charge in [0.05, 0.1) is 0 Å². The Morgan fingerprint density at radius 1 is 0.291 bits per heavy atom. The third-order valence-electron chi connectivity index (χ3n) is 11.1. The maximum absolute atomic E-state index is 12.7. The van der Waals surface area contributed by atoms with E-state index in [0.29, 0.717) is 19.3 Å². The molecule has 0 spiro atoms. The molecule has 0 N–H and O–H groups in total. The number of carbonyl (C=O) groups excluding carboxylic acids is 3. The molecule has 0 aliphatic rings. The molecule has 55 heavy (non-hydrogen) atoms. The molecule has 1 atom stereocenters. The lowest BCUT2D eigenvalue weighted by Gasteiger charge is -2.18. The number of esters is 3. The first-order chi connectivity index (χ1) is 27.0. The van der Waals surface area contributed by atoms with Crippen LogP contribution in [0.1, 0.15) is 278 Å². The average Bonchev–Trinajstić information content (AvgIpc) is 3.18. The quantitative estimate of drug-likeness (QED) is 0.0348. The fraction of sp³-hybridized carbons (Fsp3) is 0.939. The molecule has 0 aliphatic heterocycles. The summed E-state index contributed by atoms with van der Waals surface area (Å²) < 4.78 is 16.7. The minimum absolute atomic E-state index is 0.0627. The van der Waals surface area contributed by atoms with Crippen molar-refractivity contribution in [3.63, 3.8) is 0 Å². The van der Waals surface area contributed by atoms with Crippen LogP contribution in [0.4, 0.5) is 0 Å². The van der Waals surface area contributed by atoms with Gasteiger partial charge in [-0.25, -0.2) is 0 Å². The Kier molecular flexibility index (Phi) is 43.8. The van der Waals surface area contributed by atoms with Crippen molar-refractivity contribution in [3.8, 4) is 0 Å². The molecule has 326 valence electrons. The molecule has 0 rings (SSSR count). The van der Waals surface area contributed by atoms with Gasteiger partial charge >= 0.3 is 17.9 Å². The largest absolute Gasteiger partial charge is 0.462 e. The Balaban J connectivity index is 4.18. The summed E-state index contributed by atoms with van der Waals surface area (Å²) in [7, 11) is 0. The first-order valence-electron chi connectivity index (χ1n) is 24.5. The maximum atomic E-state index is 12.7. The highest BCUT2D eigenvalue weighted by molar-refractivity contribution is 5.71. The van der Waals surface area contributed by atoms with E-state index in [0.717, 1.165) is 57.8 Å². The molecule has 0 unspecified atom stereocenters. The van der Waals surface area contributed by atoms with Crippen LogP contribution in [-0.2, 0) is 28.6 Å². The van der Waals surface area contributed by atoms with E-state index in [1.165, 1.54) is 180 Å². The molecule has 0 radical (unpaired) electrons. The molecule has 0 heterocycles. The summed E-state index contributed by atoms with van der Waals surface area (Å²) in [6, 6.07) is 0. The van der Waals surface area contributed by atoms with Crippen LogP contribution in [0.25, 0.3) is 0 Å². The van der Waals surface area contributed by atoms with Crippen LogP contribution in [0.15, 0.2) is 0 Å². The number of unbranched alkanes of at least 4 members (excludes halogenated alkanes) is 34. The van der Waals surface area contributed by atoms with Crippen molar-refractivity contribution >= 4 is 17.9 Å².